The maximum atomic E-state index is 13.1. The highest BCUT2D eigenvalue weighted by Crippen LogP contribution is 2.24. The van der Waals surface area contributed by atoms with E-state index in [4.69, 9.17) is 15.1 Å². The summed E-state index contributed by atoms with van der Waals surface area (Å²) < 4.78 is 14.6. The molecule has 1 aliphatic heterocycles. The summed E-state index contributed by atoms with van der Waals surface area (Å²) in [6.45, 7) is 6.97. The van der Waals surface area contributed by atoms with Crippen molar-refractivity contribution in [2.45, 2.75) is 39.8 Å². The number of carbonyl (C=O) groups is 1. The molecule has 1 fully saturated rings. The van der Waals surface area contributed by atoms with Crippen LogP contribution in [0.25, 0.3) is 5.82 Å². The fourth-order valence-corrected chi connectivity index (χ4v) is 4.93. The molecule has 1 aliphatic rings. The van der Waals surface area contributed by atoms with Crippen LogP contribution in [-0.4, -0.2) is 67.4 Å². The van der Waals surface area contributed by atoms with E-state index >= 15 is 0 Å². The molecule has 4 N–H and O–H groups in total. The van der Waals surface area contributed by atoms with E-state index in [1.54, 1.807) is 13.3 Å². The van der Waals surface area contributed by atoms with Crippen LogP contribution in [0.1, 0.15) is 51.5 Å². The van der Waals surface area contributed by atoms with Gasteiger partial charge in [-0.25, -0.2) is 10.1 Å². The highest BCUT2D eigenvalue weighted by Gasteiger charge is 2.28. The first-order valence-corrected chi connectivity index (χ1v) is 13.2. The van der Waals surface area contributed by atoms with Crippen LogP contribution in [0.4, 0.5) is 5.82 Å². The molecule has 1 saturated heterocycles. The first-order valence-electron chi connectivity index (χ1n) is 12.4. The normalized spacial score (nSPS) is 13.9. The van der Waals surface area contributed by atoms with Crippen molar-refractivity contribution in [1.29, 1.82) is 0 Å². The summed E-state index contributed by atoms with van der Waals surface area (Å²) in [6, 6.07) is 5.66. The van der Waals surface area contributed by atoms with Crippen LogP contribution < -0.4 is 20.8 Å². The Labute approximate surface area is 232 Å². The Morgan fingerprint density at radius 2 is 2.10 bits per heavy atom. The molecule has 39 heavy (non-hydrogen) atoms. The highest BCUT2D eigenvalue weighted by molar-refractivity contribution is 9.10. The number of amides is 1. The highest BCUT2D eigenvalue weighted by atomic mass is 79.9. The van der Waals surface area contributed by atoms with Crippen LogP contribution >= 0.6 is 15.9 Å². The number of nitrogens with zero attached hydrogens (tertiary/aromatic N) is 8. The van der Waals surface area contributed by atoms with Crippen LogP contribution in [0, 0.1) is 13.8 Å². The third-order valence-electron chi connectivity index (χ3n) is 6.70. The number of nitrogen functional groups attached to an aromatic ring is 1. The average molecular weight is 599 g/mol. The number of quaternary nitrogens is 1. The van der Waals surface area contributed by atoms with Crippen LogP contribution in [0.3, 0.4) is 0 Å². The first kappa shape index (κ1) is 26.5. The molecule has 0 unspecified atom stereocenters. The standard InChI is InChI=1S/C24H28BrN11O3/c1-14-20(25)15(2)35(30-14)12-17-10-16(6-7-19(17)38-3)11-27-29-24(37)21-18(13-34-8-4-5-9-34)36(33-28-21)23-22(26)31-39-32-23/h6-7,10-11H,4-5,8-9,12-13H2,1-3H3,(H2,26,31)(H,29,37)/p+1/b27-11-. The van der Waals surface area contributed by atoms with Crippen molar-refractivity contribution >= 4 is 33.9 Å². The molecule has 0 aliphatic carbocycles. The third-order valence-corrected chi connectivity index (χ3v) is 7.85. The number of rotatable bonds is 9. The van der Waals surface area contributed by atoms with Crippen LogP contribution in [0.5, 0.6) is 5.75 Å². The molecule has 0 bridgehead atoms. The van der Waals surface area contributed by atoms with Crippen LogP contribution in [0.15, 0.2) is 32.4 Å². The van der Waals surface area contributed by atoms with Crippen molar-refractivity contribution in [2.75, 3.05) is 25.9 Å². The van der Waals surface area contributed by atoms with Crippen molar-refractivity contribution in [1.82, 2.24) is 40.5 Å². The number of aromatic nitrogens is 7. The van der Waals surface area contributed by atoms with Gasteiger partial charge < -0.3 is 15.4 Å². The van der Waals surface area contributed by atoms with E-state index in [2.05, 4.69) is 52.2 Å². The SMILES string of the molecule is COc1ccc(/C=N\NC(=O)c2nnn(-c3nonc3N)c2C[NH+]2CCCC2)cc1Cn1nc(C)c(Br)c1C. The number of carbonyl (C=O) groups excluding carboxylic acids is 1. The molecule has 0 saturated carbocycles. The van der Waals surface area contributed by atoms with Gasteiger partial charge in [0.05, 0.1) is 48.8 Å². The summed E-state index contributed by atoms with van der Waals surface area (Å²) in [5, 5.41) is 24.4. The second-order valence-electron chi connectivity index (χ2n) is 9.32. The molecule has 1 amide bonds. The lowest BCUT2D eigenvalue weighted by atomic mass is 10.1. The first-order chi connectivity index (χ1) is 18.9. The predicted octanol–water partition coefficient (Wildman–Crippen LogP) is 0.808. The lowest BCUT2D eigenvalue weighted by Gasteiger charge is -2.12. The van der Waals surface area contributed by atoms with Gasteiger partial charge in [-0.05, 0) is 63.9 Å². The average Bonchev–Trinajstić information content (AvgIpc) is 3.72. The molecule has 1 aromatic carbocycles. The summed E-state index contributed by atoms with van der Waals surface area (Å²) in [6.07, 6.45) is 3.81. The largest absolute Gasteiger partial charge is 0.496 e. The number of ether oxygens (including phenoxy) is 1. The summed E-state index contributed by atoms with van der Waals surface area (Å²) in [4.78, 5) is 14.4. The minimum absolute atomic E-state index is 0.0608. The molecule has 5 rings (SSSR count). The Kier molecular flexibility index (Phi) is 7.70. The molecule has 0 radical (unpaired) electrons. The number of hydrazone groups is 1. The zero-order valence-corrected chi connectivity index (χ0v) is 23.4. The number of benzene rings is 1. The zero-order chi connectivity index (χ0) is 27.5. The number of nitrogens with two attached hydrogens (primary N) is 1. The van der Waals surface area contributed by atoms with E-state index in [1.165, 1.54) is 9.58 Å². The van der Waals surface area contributed by atoms with Crippen molar-refractivity contribution < 1.29 is 19.1 Å². The summed E-state index contributed by atoms with van der Waals surface area (Å²) >= 11 is 3.57. The van der Waals surface area contributed by atoms with Gasteiger partial charge in [-0.2, -0.15) is 14.9 Å². The molecule has 0 atom stereocenters. The van der Waals surface area contributed by atoms with Gasteiger partial charge in [0.25, 0.3) is 5.91 Å². The van der Waals surface area contributed by atoms with Gasteiger partial charge in [0.15, 0.2) is 5.69 Å². The molecule has 0 spiro atoms. The quantitative estimate of drug-likeness (QED) is 0.186. The minimum Gasteiger partial charge on any atom is -0.496 e. The molecule has 204 valence electrons. The Balaban J connectivity index is 1.35. The molecular formula is C24H29BrN11O3+. The van der Waals surface area contributed by atoms with Crippen LogP contribution in [-0.2, 0) is 13.1 Å². The number of likely N-dealkylation sites (tertiary alicyclic amines) is 1. The minimum atomic E-state index is -0.498. The number of aryl methyl sites for hydroxylation is 1. The fourth-order valence-electron chi connectivity index (χ4n) is 4.64. The number of anilines is 1. The number of hydrogen-bond acceptors (Lipinski definition) is 10. The maximum absolute atomic E-state index is 13.1. The van der Waals surface area contributed by atoms with Gasteiger partial charge in [-0.1, -0.05) is 5.21 Å². The van der Waals surface area contributed by atoms with E-state index in [9.17, 15) is 4.79 Å². The van der Waals surface area contributed by atoms with E-state index in [0.29, 0.717) is 18.8 Å². The van der Waals surface area contributed by atoms with E-state index < -0.39 is 5.91 Å². The number of nitrogens with one attached hydrogen (secondary N) is 2. The molecule has 4 heterocycles. The predicted molar refractivity (Wildman–Crippen MR) is 144 cm³/mol. The van der Waals surface area contributed by atoms with Crippen molar-refractivity contribution in [3.8, 4) is 11.6 Å². The van der Waals surface area contributed by atoms with Gasteiger partial charge in [-0.3, -0.25) is 9.48 Å². The Bertz CT molecular complexity index is 1520. The van der Waals surface area contributed by atoms with Crippen LogP contribution in [0.2, 0.25) is 0 Å². The Morgan fingerprint density at radius 1 is 1.31 bits per heavy atom. The summed E-state index contributed by atoms with van der Waals surface area (Å²) in [7, 11) is 1.63. The lowest BCUT2D eigenvalue weighted by molar-refractivity contribution is -0.901. The molecular weight excluding hydrogens is 570 g/mol. The van der Waals surface area contributed by atoms with E-state index in [0.717, 1.165) is 58.7 Å². The summed E-state index contributed by atoms with van der Waals surface area (Å²) in [5.41, 5.74) is 12.8. The number of methoxy groups -OCH3 is 1. The topological polar surface area (TPSA) is 169 Å². The Morgan fingerprint density at radius 3 is 2.77 bits per heavy atom. The molecule has 4 aromatic rings. The Hall–Kier alpha value is -4.11. The van der Waals surface area contributed by atoms with E-state index in [1.807, 2.05) is 36.7 Å². The monoisotopic (exact) mass is 598 g/mol. The third kappa shape index (κ3) is 5.54. The molecule has 14 nitrogen and oxygen atoms in total. The summed E-state index contributed by atoms with van der Waals surface area (Å²) in [5.74, 6) is 0.485. The lowest BCUT2D eigenvalue weighted by Crippen LogP contribution is -3.08. The van der Waals surface area contributed by atoms with Gasteiger partial charge in [-0.15, -0.1) is 5.10 Å². The van der Waals surface area contributed by atoms with Gasteiger partial charge in [0, 0.05) is 18.4 Å². The van der Waals surface area contributed by atoms with Gasteiger partial charge in [0.1, 0.15) is 18.0 Å². The second-order valence-corrected chi connectivity index (χ2v) is 10.1. The second kappa shape index (κ2) is 11.3. The van der Waals surface area contributed by atoms with Gasteiger partial charge >= 0.3 is 0 Å². The van der Waals surface area contributed by atoms with Crippen molar-refractivity contribution in [2.24, 2.45) is 5.10 Å². The number of hydrogen-bond donors (Lipinski definition) is 3. The maximum Gasteiger partial charge on any atom is 0.294 e. The van der Waals surface area contributed by atoms with Gasteiger partial charge in [0.2, 0.25) is 11.6 Å². The fraction of sp³-hybridized carbons (Fsp3) is 0.375. The zero-order valence-electron chi connectivity index (χ0n) is 21.8. The molecule has 15 heteroatoms. The van der Waals surface area contributed by atoms with Crippen molar-refractivity contribution in [3.05, 3.63) is 56.6 Å². The van der Waals surface area contributed by atoms with Crippen molar-refractivity contribution in [3.63, 3.8) is 0 Å². The molecule has 3 aromatic heterocycles. The number of halogens is 1. The smallest absolute Gasteiger partial charge is 0.294 e. The van der Waals surface area contributed by atoms with E-state index in [-0.39, 0.29) is 17.3 Å².